The highest BCUT2D eigenvalue weighted by Gasteiger charge is 2.12. The van der Waals surface area contributed by atoms with Gasteiger partial charge in [-0.25, -0.2) is 0 Å². The molecule has 0 N–H and O–H groups in total. The minimum atomic E-state index is 0.175. The van der Waals surface area contributed by atoms with Gasteiger partial charge in [-0.2, -0.15) is 0 Å². The smallest absolute Gasteiger partial charge is 0.127 e. The molecule has 0 aliphatic rings. The molecule has 0 aromatic heterocycles. The zero-order valence-corrected chi connectivity index (χ0v) is 11.2. The molecule has 0 aliphatic carbocycles. The third-order valence-corrected chi connectivity index (χ3v) is 2.88. The summed E-state index contributed by atoms with van der Waals surface area (Å²) in [6.07, 6.45) is 0. The molecule has 0 amide bonds. The lowest BCUT2D eigenvalue weighted by Crippen LogP contribution is -2.10. The Morgan fingerprint density at radius 3 is 1.67 bits per heavy atom. The Morgan fingerprint density at radius 1 is 0.778 bits per heavy atom. The van der Waals surface area contributed by atoms with Crippen molar-refractivity contribution in [1.29, 1.82) is 0 Å². The van der Waals surface area contributed by atoms with Crippen LogP contribution in [0, 0.1) is 6.92 Å². The van der Waals surface area contributed by atoms with Gasteiger partial charge in [-0.05, 0) is 47.7 Å². The second kappa shape index (κ2) is 4.85. The molecule has 0 atom stereocenters. The van der Waals surface area contributed by atoms with Crippen molar-refractivity contribution in [3.8, 4) is 11.5 Å². The highest BCUT2D eigenvalue weighted by Crippen LogP contribution is 2.26. The van der Waals surface area contributed by atoms with E-state index in [9.17, 15) is 0 Å². The fourth-order valence-electron chi connectivity index (χ4n) is 1.72. The molecule has 0 saturated heterocycles. The van der Waals surface area contributed by atoms with E-state index in [1.54, 1.807) is 0 Å². The quantitative estimate of drug-likeness (QED) is 0.719. The standard InChI is InChI=1S/C17H19O/c1-13-5-9-15(10-6-13)18-16-11-7-14(8-12-16)17(2,3)4/h5-12H,1H2,2-4H3. The maximum atomic E-state index is 5.77. The molecule has 0 heterocycles. The second-order valence-corrected chi connectivity index (χ2v) is 5.52. The molecule has 0 aliphatic heterocycles. The number of hydrogen-bond donors (Lipinski definition) is 0. The maximum Gasteiger partial charge on any atom is 0.127 e. The Hall–Kier alpha value is -1.76. The molecule has 1 nitrogen and oxygen atoms in total. The van der Waals surface area contributed by atoms with Crippen LogP contribution in [-0.2, 0) is 5.41 Å². The van der Waals surface area contributed by atoms with Crippen LogP contribution >= 0.6 is 0 Å². The predicted octanol–water partition coefficient (Wildman–Crippen LogP) is 4.96. The normalized spacial score (nSPS) is 11.3. The van der Waals surface area contributed by atoms with Gasteiger partial charge in [0, 0.05) is 0 Å². The molecule has 93 valence electrons. The largest absolute Gasteiger partial charge is 0.457 e. The van der Waals surface area contributed by atoms with E-state index in [2.05, 4.69) is 39.8 Å². The van der Waals surface area contributed by atoms with Gasteiger partial charge in [0.05, 0.1) is 0 Å². The van der Waals surface area contributed by atoms with E-state index in [1.165, 1.54) is 5.56 Å². The van der Waals surface area contributed by atoms with Gasteiger partial charge < -0.3 is 4.74 Å². The Bertz CT molecular complexity index is 501. The average molecular weight is 239 g/mol. The molecule has 0 fully saturated rings. The molecule has 1 radical (unpaired) electrons. The zero-order valence-electron chi connectivity index (χ0n) is 11.2. The number of hydrogen-bond acceptors (Lipinski definition) is 1. The Balaban J connectivity index is 2.13. The van der Waals surface area contributed by atoms with Gasteiger partial charge in [-0.1, -0.05) is 45.0 Å². The molecule has 1 heteroatoms. The molecule has 2 rings (SSSR count). The molecule has 2 aromatic carbocycles. The summed E-state index contributed by atoms with van der Waals surface area (Å²) in [5.41, 5.74) is 2.47. The lowest BCUT2D eigenvalue weighted by molar-refractivity contribution is 0.481. The van der Waals surface area contributed by atoms with Crippen molar-refractivity contribution in [2.24, 2.45) is 0 Å². The lowest BCUT2D eigenvalue weighted by atomic mass is 9.87. The van der Waals surface area contributed by atoms with Crippen molar-refractivity contribution >= 4 is 0 Å². The van der Waals surface area contributed by atoms with Crippen molar-refractivity contribution in [2.75, 3.05) is 0 Å². The topological polar surface area (TPSA) is 9.23 Å². The molecular weight excluding hydrogens is 220 g/mol. The highest BCUT2D eigenvalue weighted by atomic mass is 16.5. The summed E-state index contributed by atoms with van der Waals surface area (Å²) in [6.45, 7) is 10.5. The summed E-state index contributed by atoms with van der Waals surface area (Å²) < 4.78 is 5.77. The third kappa shape index (κ3) is 3.13. The minimum absolute atomic E-state index is 0.175. The van der Waals surface area contributed by atoms with Crippen LogP contribution in [0.1, 0.15) is 31.9 Å². The van der Waals surface area contributed by atoms with Crippen LogP contribution in [0.25, 0.3) is 0 Å². The first-order valence-corrected chi connectivity index (χ1v) is 6.15. The van der Waals surface area contributed by atoms with Crippen LogP contribution in [0.2, 0.25) is 0 Å². The first-order chi connectivity index (χ1) is 8.45. The van der Waals surface area contributed by atoms with Crippen LogP contribution in [0.3, 0.4) is 0 Å². The van der Waals surface area contributed by atoms with Crippen LogP contribution in [0.5, 0.6) is 11.5 Å². The second-order valence-electron chi connectivity index (χ2n) is 5.52. The van der Waals surface area contributed by atoms with Crippen LogP contribution < -0.4 is 4.74 Å². The molecule has 2 aromatic rings. The van der Waals surface area contributed by atoms with E-state index in [4.69, 9.17) is 4.74 Å². The van der Waals surface area contributed by atoms with E-state index in [1.807, 2.05) is 36.4 Å². The molecule has 0 saturated carbocycles. The van der Waals surface area contributed by atoms with Gasteiger partial charge in [0.25, 0.3) is 0 Å². The Labute approximate surface area is 109 Å². The van der Waals surface area contributed by atoms with E-state index in [0.29, 0.717) is 0 Å². The van der Waals surface area contributed by atoms with Crippen molar-refractivity contribution in [1.82, 2.24) is 0 Å². The maximum absolute atomic E-state index is 5.77. The number of ether oxygens (including phenoxy) is 1. The van der Waals surface area contributed by atoms with Crippen LogP contribution in [0.15, 0.2) is 48.5 Å². The molecule has 0 bridgehead atoms. The average Bonchev–Trinajstić information content (AvgIpc) is 2.32. The molecule has 0 unspecified atom stereocenters. The monoisotopic (exact) mass is 239 g/mol. The summed E-state index contributed by atoms with van der Waals surface area (Å²) in [4.78, 5) is 0. The fourth-order valence-corrected chi connectivity index (χ4v) is 1.72. The SMILES string of the molecule is [CH2]c1ccc(Oc2ccc(C(C)(C)C)cc2)cc1. The highest BCUT2D eigenvalue weighted by molar-refractivity contribution is 5.36. The van der Waals surface area contributed by atoms with Crippen LogP contribution in [-0.4, -0.2) is 0 Å². The Kier molecular flexibility index (Phi) is 3.42. The fraction of sp³-hybridized carbons (Fsp3) is 0.235. The van der Waals surface area contributed by atoms with Gasteiger partial charge in [0.2, 0.25) is 0 Å². The van der Waals surface area contributed by atoms with Crippen molar-refractivity contribution in [3.05, 3.63) is 66.6 Å². The first-order valence-electron chi connectivity index (χ1n) is 6.15. The summed E-state index contributed by atoms with van der Waals surface area (Å²) in [7, 11) is 0. The molecule has 18 heavy (non-hydrogen) atoms. The number of benzene rings is 2. The summed E-state index contributed by atoms with van der Waals surface area (Å²) in [5.74, 6) is 1.70. The summed E-state index contributed by atoms with van der Waals surface area (Å²) in [5, 5.41) is 0. The predicted molar refractivity (Wildman–Crippen MR) is 76.1 cm³/mol. The summed E-state index contributed by atoms with van der Waals surface area (Å²) in [6, 6.07) is 16.0. The van der Waals surface area contributed by atoms with Gasteiger partial charge in [0.1, 0.15) is 11.5 Å². The van der Waals surface area contributed by atoms with Crippen molar-refractivity contribution in [2.45, 2.75) is 26.2 Å². The number of rotatable bonds is 2. The van der Waals surface area contributed by atoms with Gasteiger partial charge in [-0.15, -0.1) is 0 Å². The molecular formula is C17H19O. The Morgan fingerprint density at radius 2 is 1.22 bits per heavy atom. The van der Waals surface area contributed by atoms with Gasteiger partial charge >= 0.3 is 0 Å². The zero-order chi connectivity index (χ0) is 13.2. The van der Waals surface area contributed by atoms with E-state index >= 15 is 0 Å². The van der Waals surface area contributed by atoms with Gasteiger partial charge in [-0.3, -0.25) is 0 Å². The van der Waals surface area contributed by atoms with Crippen molar-refractivity contribution < 1.29 is 4.74 Å². The third-order valence-electron chi connectivity index (χ3n) is 2.88. The van der Waals surface area contributed by atoms with E-state index in [0.717, 1.165) is 17.1 Å². The summed E-state index contributed by atoms with van der Waals surface area (Å²) >= 11 is 0. The molecule has 0 spiro atoms. The first kappa shape index (κ1) is 12.7. The van der Waals surface area contributed by atoms with E-state index in [-0.39, 0.29) is 5.41 Å². The van der Waals surface area contributed by atoms with Crippen molar-refractivity contribution in [3.63, 3.8) is 0 Å². The van der Waals surface area contributed by atoms with E-state index < -0.39 is 0 Å². The minimum Gasteiger partial charge on any atom is -0.457 e. The lowest BCUT2D eigenvalue weighted by Gasteiger charge is -2.19. The van der Waals surface area contributed by atoms with Gasteiger partial charge in [0.15, 0.2) is 0 Å². The van der Waals surface area contributed by atoms with Crippen LogP contribution in [0.4, 0.5) is 0 Å².